The quantitative estimate of drug-likeness (QED) is 0.784. The second-order valence-electron chi connectivity index (χ2n) is 4.83. The maximum Gasteiger partial charge on any atom is 0.271 e. The van der Waals surface area contributed by atoms with Gasteiger partial charge in [-0.25, -0.2) is 0 Å². The molecule has 1 amide bonds. The lowest BCUT2D eigenvalue weighted by Crippen LogP contribution is -2.34. The summed E-state index contributed by atoms with van der Waals surface area (Å²) in [6.07, 6.45) is 6.81. The summed E-state index contributed by atoms with van der Waals surface area (Å²) in [6.45, 7) is 7.25. The van der Waals surface area contributed by atoms with Gasteiger partial charge in [0.15, 0.2) is 0 Å². The average molecular weight is 247 g/mol. The van der Waals surface area contributed by atoms with E-state index in [1.165, 1.54) is 0 Å². The van der Waals surface area contributed by atoms with Crippen molar-refractivity contribution < 1.29 is 4.79 Å². The molecule has 98 valence electrons. The van der Waals surface area contributed by atoms with Crippen LogP contribution in [0.1, 0.15) is 36.7 Å². The van der Waals surface area contributed by atoms with E-state index in [0.717, 1.165) is 25.8 Å². The maximum absolute atomic E-state index is 12.5. The number of rotatable bonds is 6. The molecule has 18 heavy (non-hydrogen) atoms. The van der Waals surface area contributed by atoms with Crippen LogP contribution in [0.25, 0.3) is 0 Å². The Bertz CT molecular complexity index is 446. The molecule has 4 heteroatoms. The van der Waals surface area contributed by atoms with Crippen LogP contribution in [-0.4, -0.2) is 28.0 Å². The Morgan fingerprint density at radius 1 is 1.67 bits per heavy atom. The third-order valence-corrected chi connectivity index (χ3v) is 3.18. The second-order valence-corrected chi connectivity index (χ2v) is 4.83. The minimum absolute atomic E-state index is 0.0718. The molecule has 0 aromatic carbocycles. The number of amides is 1. The summed E-state index contributed by atoms with van der Waals surface area (Å²) in [5.41, 5.74) is 7.15. The number of nitrogen functional groups attached to an aromatic ring is 1. The van der Waals surface area contributed by atoms with Crippen molar-refractivity contribution in [1.29, 1.82) is 0 Å². The molecular formula is C14H21N3O. The van der Waals surface area contributed by atoms with E-state index in [1.54, 1.807) is 12.1 Å². The molecule has 0 spiro atoms. The van der Waals surface area contributed by atoms with Gasteiger partial charge in [0.05, 0.1) is 5.69 Å². The van der Waals surface area contributed by atoms with E-state index in [2.05, 4.69) is 13.5 Å². The number of nitrogens with two attached hydrogens (primary N) is 1. The van der Waals surface area contributed by atoms with Crippen molar-refractivity contribution in [3.8, 4) is 0 Å². The molecule has 1 aromatic heterocycles. The second kappa shape index (κ2) is 5.29. The zero-order valence-electron chi connectivity index (χ0n) is 10.9. The molecule has 0 radical (unpaired) electrons. The van der Waals surface area contributed by atoms with E-state index >= 15 is 0 Å². The van der Waals surface area contributed by atoms with E-state index in [9.17, 15) is 4.79 Å². The van der Waals surface area contributed by atoms with Crippen molar-refractivity contribution in [3.05, 3.63) is 30.6 Å². The summed E-state index contributed by atoms with van der Waals surface area (Å²) in [4.78, 5) is 14.4. The van der Waals surface area contributed by atoms with Gasteiger partial charge in [0.2, 0.25) is 0 Å². The molecule has 1 fully saturated rings. The van der Waals surface area contributed by atoms with E-state index in [1.807, 2.05) is 15.7 Å². The molecule has 1 aliphatic carbocycles. The molecule has 2 rings (SSSR count). The van der Waals surface area contributed by atoms with Crippen LogP contribution in [-0.2, 0) is 6.54 Å². The van der Waals surface area contributed by atoms with Gasteiger partial charge in [-0.3, -0.25) is 4.79 Å². The maximum atomic E-state index is 12.5. The first-order valence-electron chi connectivity index (χ1n) is 6.54. The Kier molecular flexibility index (Phi) is 3.75. The van der Waals surface area contributed by atoms with Crippen molar-refractivity contribution in [1.82, 2.24) is 9.47 Å². The van der Waals surface area contributed by atoms with Gasteiger partial charge in [-0.05, 0) is 25.3 Å². The lowest BCUT2D eigenvalue weighted by molar-refractivity contribution is 0.0751. The van der Waals surface area contributed by atoms with Gasteiger partial charge in [0.1, 0.15) is 5.69 Å². The monoisotopic (exact) mass is 247 g/mol. The highest BCUT2D eigenvalue weighted by Gasteiger charge is 2.33. The van der Waals surface area contributed by atoms with Crippen LogP contribution in [0.4, 0.5) is 5.69 Å². The Morgan fingerprint density at radius 3 is 2.94 bits per heavy atom. The largest absolute Gasteiger partial charge is 0.397 e. The van der Waals surface area contributed by atoms with Crippen LogP contribution in [0.3, 0.4) is 0 Å². The molecule has 0 atom stereocenters. The van der Waals surface area contributed by atoms with Gasteiger partial charge in [0, 0.05) is 25.3 Å². The van der Waals surface area contributed by atoms with Crippen LogP contribution < -0.4 is 5.73 Å². The van der Waals surface area contributed by atoms with Crippen LogP contribution in [0.2, 0.25) is 0 Å². The van der Waals surface area contributed by atoms with Crippen LogP contribution in [0, 0.1) is 0 Å². The predicted octanol–water partition coefficient (Wildman–Crippen LogP) is 2.27. The number of hydrogen-bond donors (Lipinski definition) is 1. The first kappa shape index (κ1) is 12.7. The Hall–Kier alpha value is -1.71. The molecule has 1 aliphatic rings. The number of nitrogens with zero attached hydrogens (tertiary/aromatic N) is 2. The minimum Gasteiger partial charge on any atom is -0.397 e. The topological polar surface area (TPSA) is 51.3 Å². The Labute approximate surface area is 108 Å². The Balaban J connectivity index is 2.22. The summed E-state index contributed by atoms with van der Waals surface area (Å²) in [5, 5.41) is 0. The first-order chi connectivity index (χ1) is 8.67. The lowest BCUT2D eigenvalue weighted by Gasteiger charge is -2.21. The number of hydrogen-bond acceptors (Lipinski definition) is 2. The molecule has 0 aliphatic heterocycles. The van der Waals surface area contributed by atoms with Crippen molar-refractivity contribution in [2.75, 3.05) is 12.3 Å². The summed E-state index contributed by atoms with van der Waals surface area (Å²) in [7, 11) is 0. The fraction of sp³-hybridized carbons (Fsp3) is 0.500. The molecule has 1 heterocycles. The SMILES string of the molecule is C=CCN(C(=O)c1cc(N)cn1CCC)C1CC1. The van der Waals surface area contributed by atoms with E-state index in [-0.39, 0.29) is 5.91 Å². The molecule has 4 nitrogen and oxygen atoms in total. The zero-order chi connectivity index (χ0) is 13.1. The number of aromatic nitrogens is 1. The fourth-order valence-corrected chi connectivity index (χ4v) is 2.21. The summed E-state index contributed by atoms with van der Waals surface area (Å²) < 4.78 is 1.95. The molecule has 1 aromatic rings. The third-order valence-electron chi connectivity index (χ3n) is 3.18. The van der Waals surface area contributed by atoms with Crippen LogP contribution in [0.15, 0.2) is 24.9 Å². The highest BCUT2D eigenvalue weighted by molar-refractivity contribution is 5.94. The lowest BCUT2D eigenvalue weighted by atomic mass is 10.3. The van der Waals surface area contributed by atoms with Crippen molar-refractivity contribution in [2.45, 2.75) is 38.8 Å². The number of carbonyl (C=O) groups excluding carboxylic acids is 1. The summed E-state index contributed by atoms with van der Waals surface area (Å²) >= 11 is 0. The molecule has 1 saturated carbocycles. The van der Waals surface area contributed by atoms with Gasteiger partial charge in [-0.15, -0.1) is 6.58 Å². The number of aryl methyl sites for hydroxylation is 1. The standard InChI is InChI=1S/C14H21N3O/c1-3-7-16-10-11(15)9-13(16)14(18)17(8-4-2)12-5-6-12/h4,9-10,12H,2-3,5-8,15H2,1H3. The van der Waals surface area contributed by atoms with Gasteiger partial charge in [0.25, 0.3) is 5.91 Å². The smallest absolute Gasteiger partial charge is 0.271 e. The van der Waals surface area contributed by atoms with Crippen molar-refractivity contribution >= 4 is 11.6 Å². The molecule has 0 unspecified atom stereocenters. The Morgan fingerprint density at radius 2 is 2.39 bits per heavy atom. The molecule has 0 saturated heterocycles. The van der Waals surface area contributed by atoms with E-state index < -0.39 is 0 Å². The van der Waals surface area contributed by atoms with Gasteiger partial charge in [-0.2, -0.15) is 0 Å². The molecule has 2 N–H and O–H groups in total. The van der Waals surface area contributed by atoms with Gasteiger partial charge in [-0.1, -0.05) is 13.0 Å². The number of anilines is 1. The molecule has 0 bridgehead atoms. The normalized spacial score (nSPS) is 14.5. The van der Waals surface area contributed by atoms with Crippen molar-refractivity contribution in [2.24, 2.45) is 0 Å². The predicted molar refractivity (Wildman–Crippen MR) is 73.4 cm³/mol. The average Bonchev–Trinajstić information content (AvgIpc) is 3.10. The minimum atomic E-state index is 0.0718. The van der Waals surface area contributed by atoms with Crippen LogP contribution in [0.5, 0.6) is 0 Å². The van der Waals surface area contributed by atoms with Crippen LogP contribution >= 0.6 is 0 Å². The highest BCUT2D eigenvalue weighted by Crippen LogP contribution is 2.28. The van der Waals surface area contributed by atoms with Crippen molar-refractivity contribution in [3.63, 3.8) is 0 Å². The first-order valence-corrected chi connectivity index (χ1v) is 6.54. The molecular weight excluding hydrogens is 226 g/mol. The third kappa shape index (κ3) is 2.58. The number of carbonyl (C=O) groups is 1. The van der Waals surface area contributed by atoms with E-state index in [4.69, 9.17) is 5.73 Å². The highest BCUT2D eigenvalue weighted by atomic mass is 16.2. The zero-order valence-corrected chi connectivity index (χ0v) is 10.9. The van der Waals surface area contributed by atoms with Gasteiger partial charge >= 0.3 is 0 Å². The fourth-order valence-electron chi connectivity index (χ4n) is 2.21. The summed E-state index contributed by atoms with van der Waals surface area (Å²) in [6, 6.07) is 2.16. The van der Waals surface area contributed by atoms with Gasteiger partial charge < -0.3 is 15.2 Å². The van der Waals surface area contributed by atoms with E-state index in [0.29, 0.717) is 24.0 Å². The summed E-state index contributed by atoms with van der Waals surface area (Å²) in [5.74, 6) is 0.0718.